The van der Waals surface area contributed by atoms with Crippen LogP contribution in [0.3, 0.4) is 0 Å². The highest BCUT2D eigenvalue weighted by molar-refractivity contribution is 9.10. The molecule has 8 heteroatoms. The molecule has 0 bridgehead atoms. The fourth-order valence-corrected chi connectivity index (χ4v) is 3.34. The smallest absolute Gasteiger partial charge is 0.332 e. The molecule has 1 N–H and O–H groups in total. The monoisotopic (exact) mass is 447 g/mol. The molecule has 1 heterocycles. The fourth-order valence-electron chi connectivity index (χ4n) is 3.07. The van der Waals surface area contributed by atoms with Crippen molar-refractivity contribution in [3.8, 4) is 0 Å². The van der Waals surface area contributed by atoms with E-state index in [1.807, 2.05) is 31.2 Å². The van der Waals surface area contributed by atoms with Crippen LogP contribution in [0.2, 0.25) is 0 Å². The lowest BCUT2D eigenvalue weighted by molar-refractivity contribution is -0.132. The van der Waals surface area contributed by atoms with E-state index in [1.165, 1.54) is 29.2 Å². The summed E-state index contributed by atoms with van der Waals surface area (Å²) < 4.78 is 14.1. The second-order valence-electron chi connectivity index (χ2n) is 6.57. The van der Waals surface area contributed by atoms with Gasteiger partial charge in [-0.3, -0.25) is 19.4 Å². The number of rotatable bonds is 5. The zero-order chi connectivity index (χ0) is 20.4. The summed E-state index contributed by atoms with van der Waals surface area (Å²) in [7, 11) is 0. The van der Waals surface area contributed by atoms with E-state index < -0.39 is 29.7 Å². The first kappa shape index (κ1) is 20.0. The second kappa shape index (κ2) is 8.10. The number of hydrogen-bond donors (Lipinski definition) is 1. The molecule has 2 atom stereocenters. The predicted octanol–water partition coefficient (Wildman–Crippen LogP) is 3.62. The van der Waals surface area contributed by atoms with Gasteiger partial charge in [0.25, 0.3) is 5.91 Å². The summed E-state index contributed by atoms with van der Waals surface area (Å²) in [5.41, 5.74) is 1.30. The van der Waals surface area contributed by atoms with Gasteiger partial charge in [-0.25, -0.2) is 9.18 Å². The van der Waals surface area contributed by atoms with Crippen molar-refractivity contribution >= 4 is 39.5 Å². The molecule has 0 spiro atoms. The molecule has 0 aromatic heterocycles. The van der Waals surface area contributed by atoms with E-state index in [0.717, 1.165) is 14.9 Å². The summed E-state index contributed by atoms with van der Waals surface area (Å²) in [5.74, 6) is -1.35. The molecule has 28 heavy (non-hydrogen) atoms. The average molecular weight is 448 g/mol. The zero-order valence-electron chi connectivity index (χ0n) is 15.4. The van der Waals surface area contributed by atoms with Crippen molar-refractivity contribution in [3.05, 3.63) is 64.4 Å². The summed E-state index contributed by atoms with van der Waals surface area (Å²) in [6, 6.07) is 11.1. The quantitative estimate of drug-likeness (QED) is 0.711. The molecule has 2 aromatic rings. The third kappa shape index (κ3) is 4.06. The van der Waals surface area contributed by atoms with Crippen LogP contribution in [0.1, 0.15) is 25.5 Å². The van der Waals surface area contributed by atoms with Crippen LogP contribution in [0.15, 0.2) is 53.0 Å². The summed E-state index contributed by atoms with van der Waals surface area (Å²) >= 11 is 3.36. The summed E-state index contributed by atoms with van der Waals surface area (Å²) in [5, 5.41) is 2.79. The highest BCUT2D eigenvalue weighted by Gasteiger charge is 2.44. The van der Waals surface area contributed by atoms with Crippen molar-refractivity contribution < 1.29 is 18.8 Å². The van der Waals surface area contributed by atoms with E-state index in [1.54, 1.807) is 6.92 Å². The minimum Gasteiger partial charge on any atom is -0.348 e. The number of anilines is 1. The number of benzene rings is 2. The topological polar surface area (TPSA) is 69.7 Å². The molecule has 4 amide bonds. The maximum Gasteiger partial charge on any atom is 0.332 e. The van der Waals surface area contributed by atoms with Gasteiger partial charge in [-0.15, -0.1) is 0 Å². The van der Waals surface area contributed by atoms with Crippen LogP contribution in [-0.2, 0) is 9.59 Å². The maximum absolute atomic E-state index is 13.1. The number of nitrogens with one attached hydrogen (secondary N) is 1. The lowest BCUT2D eigenvalue weighted by Gasteiger charge is -2.20. The van der Waals surface area contributed by atoms with Gasteiger partial charge in [0.2, 0.25) is 5.91 Å². The molecule has 1 saturated heterocycles. The van der Waals surface area contributed by atoms with Crippen molar-refractivity contribution in [2.24, 2.45) is 0 Å². The summed E-state index contributed by atoms with van der Waals surface area (Å²) in [6.07, 6.45) is 0. The highest BCUT2D eigenvalue weighted by atomic mass is 79.9. The van der Waals surface area contributed by atoms with Crippen molar-refractivity contribution in [1.82, 2.24) is 10.2 Å². The molecule has 0 saturated carbocycles. The molecule has 1 fully saturated rings. The Kier molecular flexibility index (Phi) is 5.79. The van der Waals surface area contributed by atoms with Gasteiger partial charge in [0.05, 0.1) is 6.04 Å². The normalized spacial score (nSPS) is 17.8. The van der Waals surface area contributed by atoms with Crippen LogP contribution in [0.25, 0.3) is 0 Å². The number of imide groups is 1. The first-order valence-electron chi connectivity index (χ1n) is 8.73. The van der Waals surface area contributed by atoms with Gasteiger partial charge in [0.15, 0.2) is 0 Å². The average Bonchev–Trinajstić information content (AvgIpc) is 2.86. The number of carbonyl (C=O) groups excluding carboxylic acids is 3. The third-order valence-corrected chi connectivity index (χ3v) is 5.13. The van der Waals surface area contributed by atoms with E-state index >= 15 is 0 Å². The Morgan fingerprint density at radius 2 is 1.75 bits per heavy atom. The number of urea groups is 1. The van der Waals surface area contributed by atoms with Crippen molar-refractivity contribution in [2.75, 3.05) is 11.4 Å². The van der Waals surface area contributed by atoms with Gasteiger partial charge >= 0.3 is 6.03 Å². The molecule has 0 unspecified atom stereocenters. The van der Waals surface area contributed by atoms with E-state index in [0.29, 0.717) is 5.69 Å². The number of amides is 4. The van der Waals surface area contributed by atoms with Crippen LogP contribution >= 0.6 is 15.9 Å². The molecule has 0 aliphatic carbocycles. The van der Waals surface area contributed by atoms with Crippen LogP contribution in [-0.4, -0.2) is 35.3 Å². The lowest BCUT2D eigenvalue weighted by Crippen LogP contribution is -2.42. The van der Waals surface area contributed by atoms with E-state index in [9.17, 15) is 18.8 Å². The van der Waals surface area contributed by atoms with Crippen LogP contribution in [0.4, 0.5) is 14.9 Å². The Labute approximate surface area is 170 Å². The Hall–Kier alpha value is -2.74. The van der Waals surface area contributed by atoms with Gasteiger partial charge in [-0.1, -0.05) is 28.1 Å². The number of nitrogens with zero attached hydrogens (tertiary/aromatic N) is 2. The van der Waals surface area contributed by atoms with Gasteiger partial charge in [0, 0.05) is 10.2 Å². The Balaban J connectivity index is 1.68. The van der Waals surface area contributed by atoms with Crippen LogP contribution < -0.4 is 10.2 Å². The van der Waals surface area contributed by atoms with Gasteiger partial charge in [-0.2, -0.15) is 0 Å². The molecule has 146 valence electrons. The molecule has 1 aliphatic heterocycles. The number of hydrogen-bond acceptors (Lipinski definition) is 3. The minimum atomic E-state index is -0.769. The Bertz CT molecular complexity index is 902. The van der Waals surface area contributed by atoms with Crippen molar-refractivity contribution in [2.45, 2.75) is 25.9 Å². The van der Waals surface area contributed by atoms with Crippen LogP contribution in [0, 0.1) is 5.82 Å². The Morgan fingerprint density at radius 1 is 1.14 bits per heavy atom. The zero-order valence-corrected chi connectivity index (χ0v) is 16.9. The van der Waals surface area contributed by atoms with Gasteiger partial charge in [0.1, 0.15) is 18.4 Å². The summed E-state index contributed by atoms with van der Waals surface area (Å²) in [4.78, 5) is 39.8. The molecule has 6 nitrogen and oxygen atoms in total. The molecule has 3 rings (SSSR count). The first-order valence-corrected chi connectivity index (χ1v) is 9.52. The SMILES string of the molecule is C[C@H](NC(=O)CN1C(=O)[C@H](C)N(c2ccc(F)cc2)C1=O)c1ccc(Br)cc1. The standard InChI is InChI=1S/C20H19BrFN3O3/c1-12(14-3-5-15(21)6-4-14)23-18(26)11-24-19(27)13(2)25(20(24)28)17-9-7-16(22)8-10-17/h3-10,12-13H,11H2,1-2H3,(H,23,26)/t12-,13-/m0/s1. The molecule has 2 aromatic carbocycles. The largest absolute Gasteiger partial charge is 0.348 e. The molecular formula is C20H19BrFN3O3. The summed E-state index contributed by atoms with van der Waals surface area (Å²) in [6.45, 7) is 3.02. The minimum absolute atomic E-state index is 0.279. The number of halogens is 2. The maximum atomic E-state index is 13.1. The van der Waals surface area contributed by atoms with Crippen molar-refractivity contribution in [1.29, 1.82) is 0 Å². The second-order valence-corrected chi connectivity index (χ2v) is 7.49. The van der Waals surface area contributed by atoms with Gasteiger partial charge < -0.3 is 5.32 Å². The van der Waals surface area contributed by atoms with Crippen molar-refractivity contribution in [3.63, 3.8) is 0 Å². The molecule has 1 aliphatic rings. The van der Waals surface area contributed by atoms with Crippen LogP contribution in [0.5, 0.6) is 0 Å². The molecular weight excluding hydrogens is 429 g/mol. The van der Waals surface area contributed by atoms with E-state index in [-0.39, 0.29) is 12.6 Å². The highest BCUT2D eigenvalue weighted by Crippen LogP contribution is 2.26. The van der Waals surface area contributed by atoms with Gasteiger partial charge in [-0.05, 0) is 55.8 Å². The lowest BCUT2D eigenvalue weighted by atomic mass is 10.1. The Morgan fingerprint density at radius 3 is 2.36 bits per heavy atom. The third-order valence-electron chi connectivity index (χ3n) is 4.60. The van der Waals surface area contributed by atoms with E-state index in [2.05, 4.69) is 21.2 Å². The predicted molar refractivity (Wildman–Crippen MR) is 106 cm³/mol. The molecule has 0 radical (unpaired) electrons. The van der Waals surface area contributed by atoms with E-state index in [4.69, 9.17) is 0 Å². The fraction of sp³-hybridized carbons (Fsp3) is 0.250. The number of carbonyl (C=O) groups is 3. The first-order chi connectivity index (χ1) is 13.3.